The van der Waals surface area contributed by atoms with Crippen molar-refractivity contribution >= 4 is 29.2 Å². The molecule has 1 aromatic rings. The second-order valence-corrected chi connectivity index (χ2v) is 3.61. The molecule has 0 unspecified atom stereocenters. The summed E-state index contributed by atoms with van der Waals surface area (Å²) in [5.74, 6) is 0.201. The first kappa shape index (κ1) is 10.8. The first-order valence-electron chi connectivity index (χ1n) is 4.58. The Bertz CT molecular complexity index is 445. The molecule has 1 aromatic carbocycles. The third-order valence-electron chi connectivity index (χ3n) is 2.24. The lowest BCUT2D eigenvalue weighted by atomic mass is 10.2. The maximum atomic E-state index is 11.5. The summed E-state index contributed by atoms with van der Waals surface area (Å²) in [4.78, 5) is 23.9. The van der Waals surface area contributed by atoms with Crippen LogP contribution in [0.25, 0.3) is 0 Å². The smallest absolute Gasteiger partial charge is 0.329 e. The van der Waals surface area contributed by atoms with E-state index < -0.39 is 6.03 Å². The Morgan fingerprint density at radius 2 is 2.19 bits per heavy atom. The van der Waals surface area contributed by atoms with Crippen LogP contribution < -0.4 is 15.0 Å². The topological polar surface area (TPSA) is 58.6 Å². The van der Waals surface area contributed by atoms with Gasteiger partial charge in [-0.25, -0.2) is 9.69 Å². The number of amides is 3. The van der Waals surface area contributed by atoms with E-state index in [2.05, 4.69) is 5.32 Å². The number of hydrogen-bond donors (Lipinski definition) is 1. The lowest BCUT2D eigenvalue weighted by Crippen LogP contribution is -2.30. The molecule has 0 radical (unpaired) electrons. The Kier molecular flexibility index (Phi) is 2.70. The standard InChI is InChI=1S/C10H9ClN2O3/c1-16-6-2-3-7(11)8(4-6)13-9(14)5-12-10(13)15/h2-4H,5H2,1H3,(H,12,15). The summed E-state index contributed by atoms with van der Waals surface area (Å²) in [5.41, 5.74) is 0.334. The van der Waals surface area contributed by atoms with Gasteiger partial charge < -0.3 is 10.1 Å². The molecule has 1 fully saturated rings. The van der Waals surface area contributed by atoms with E-state index in [-0.39, 0.29) is 12.5 Å². The van der Waals surface area contributed by atoms with Crippen molar-refractivity contribution < 1.29 is 14.3 Å². The molecular formula is C10H9ClN2O3. The molecule has 1 heterocycles. The molecule has 16 heavy (non-hydrogen) atoms. The Balaban J connectivity index is 2.46. The molecule has 5 nitrogen and oxygen atoms in total. The number of benzene rings is 1. The molecule has 1 aliphatic heterocycles. The largest absolute Gasteiger partial charge is 0.497 e. The van der Waals surface area contributed by atoms with Crippen LogP contribution in [0.5, 0.6) is 5.75 Å². The number of imide groups is 1. The zero-order chi connectivity index (χ0) is 11.7. The van der Waals surface area contributed by atoms with Gasteiger partial charge in [0.05, 0.1) is 24.4 Å². The second kappa shape index (κ2) is 4.02. The van der Waals surface area contributed by atoms with Crippen molar-refractivity contribution in [2.24, 2.45) is 0 Å². The minimum absolute atomic E-state index is 0.00757. The summed E-state index contributed by atoms with van der Waals surface area (Å²) in [6.07, 6.45) is 0. The van der Waals surface area contributed by atoms with Gasteiger partial charge in [0.2, 0.25) is 0 Å². The predicted molar refractivity (Wildman–Crippen MR) is 58.9 cm³/mol. The fourth-order valence-electron chi connectivity index (χ4n) is 1.46. The molecule has 3 amide bonds. The minimum atomic E-state index is -0.472. The number of methoxy groups -OCH3 is 1. The van der Waals surface area contributed by atoms with Crippen molar-refractivity contribution in [3.63, 3.8) is 0 Å². The molecule has 0 aromatic heterocycles. The van der Waals surface area contributed by atoms with E-state index in [1.165, 1.54) is 7.11 Å². The zero-order valence-electron chi connectivity index (χ0n) is 8.49. The van der Waals surface area contributed by atoms with Gasteiger partial charge in [0.1, 0.15) is 5.75 Å². The SMILES string of the molecule is COc1ccc(Cl)c(N2C(=O)CNC2=O)c1. The number of rotatable bonds is 2. The number of nitrogens with zero attached hydrogens (tertiary/aromatic N) is 1. The van der Waals surface area contributed by atoms with Crippen molar-refractivity contribution in [1.29, 1.82) is 0 Å². The lowest BCUT2D eigenvalue weighted by Gasteiger charge is -2.14. The number of halogens is 1. The van der Waals surface area contributed by atoms with Crippen LogP contribution in [0.1, 0.15) is 0 Å². The summed E-state index contributed by atoms with van der Waals surface area (Å²) < 4.78 is 5.01. The molecule has 1 aliphatic rings. The van der Waals surface area contributed by atoms with Gasteiger partial charge in [-0.3, -0.25) is 4.79 Å². The van der Waals surface area contributed by atoms with Crippen molar-refractivity contribution in [2.75, 3.05) is 18.6 Å². The highest BCUT2D eigenvalue weighted by Gasteiger charge is 2.31. The third-order valence-corrected chi connectivity index (χ3v) is 2.56. The van der Waals surface area contributed by atoms with Gasteiger partial charge >= 0.3 is 6.03 Å². The third kappa shape index (κ3) is 1.69. The van der Waals surface area contributed by atoms with Crippen molar-refractivity contribution in [3.05, 3.63) is 23.2 Å². The van der Waals surface area contributed by atoms with Crippen LogP contribution in [0.4, 0.5) is 10.5 Å². The summed E-state index contributed by atoms with van der Waals surface area (Å²) in [6.45, 7) is -0.00757. The Morgan fingerprint density at radius 3 is 2.75 bits per heavy atom. The Labute approximate surface area is 96.9 Å². The number of ether oxygens (including phenoxy) is 1. The average molecular weight is 241 g/mol. The number of urea groups is 1. The van der Waals surface area contributed by atoms with Crippen LogP contribution in [-0.4, -0.2) is 25.6 Å². The number of carbonyl (C=O) groups excluding carboxylic acids is 2. The highest BCUT2D eigenvalue weighted by Crippen LogP contribution is 2.31. The van der Waals surface area contributed by atoms with Gasteiger partial charge in [-0.05, 0) is 12.1 Å². The van der Waals surface area contributed by atoms with Gasteiger partial charge in [0, 0.05) is 6.07 Å². The summed E-state index contributed by atoms with van der Waals surface area (Å²) >= 11 is 5.93. The van der Waals surface area contributed by atoms with Crippen molar-refractivity contribution in [2.45, 2.75) is 0 Å². The summed E-state index contributed by atoms with van der Waals surface area (Å²) in [7, 11) is 1.50. The zero-order valence-corrected chi connectivity index (χ0v) is 9.25. The number of nitrogens with one attached hydrogen (secondary N) is 1. The fourth-order valence-corrected chi connectivity index (χ4v) is 1.66. The van der Waals surface area contributed by atoms with Gasteiger partial charge in [-0.2, -0.15) is 0 Å². The van der Waals surface area contributed by atoms with E-state index in [4.69, 9.17) is 16.3 Å². The van der Waals surface area contributed by atoms with E-state index in [1.54, 1.807) is 18.2 Å². The molecule has 0 spiro atoms. The van der Waals surface area contributed by atoms with E-state index in [9.17, 15) is 9.59 Å². The van der Waals surface area contributed by atoms with Crippen LogP contribution >= 0.6 is 11.6 Å². The van der Waals surface area contributed by atoms with Crippen molar-refractivity contribution in [3.8, 4) is 5.75 Å². The summed E-state index contributed by atoms with van der Waals surface area (Å²) in [6, 6.07) is 4.31. The summed E-state index contributed by atoms with van der Waals surface area (Å²) in [5, 5.41) is 2.75. The second-order valence-electron chi connectivity index (χ2n) is 3.21. The maximum absolute atomic E-state index is 11.5. The normalized spacial score (nSPS) is 15.2. The molecule has 6 heteroatoms. The molecule has 1 saturated heterocycles. The molecule has 2 rings (SSSR count). The van der Waals surface area contributed by atoms with Crippen molar-refractivity contribution in [1.82, 2.24) is 5.32 Å². The number of anilines is 1. The highest BCUT2D eigenvalue weighted by atomic mass is 35.5. The van der Waals surface area contributed by atoms with Crippen LogP contribution in [0.2, 0.25) is 5.02 Å². The van der Waals surface area contributed by atoms with E-state index in [0.717, 1.165) is 4.90 Å². The van der Waals surface area contributed by atoms with E-state index in [1.807, 2.05) is 0 Å². The highest BCUT2D eigenvalue weighted by molar-refractivity contribution is 6.35. The molecule has 84 valence electrons. The van der Waals surface area contributed by atoms with Crippen LogP contribution in [-0.2, 0) is 4.79 Å². The first-order valence-corrected chi connectivity index (χ1v) is 4.95. The number of carbonyl (C=O) groups is 2. The maximum Gasteiger partial charge on any atom is 0.329 e. The van der Waals surface area contributed by atoms with E-state index in [0.29, 0.717) is 16.5 Å². The van der Waals surface area contributed by atoms with E-state index >= 15 is 0 Å². The molecule has 1 N–H and O–H groups in total. The Morgan fingerprint density at radius 1 is 1.44 bits per heavy atom. The predicted octanol–water partition coefficient (Wildman–Crippen LogP) is 1.40. The van der Waals surface area contributed by atoms with Crippen LogP contribution in [0.3, 0.4) is 0 Å². The molecule has 0 bridgehead atoms. The van der Waals surface area contributed by atoms with Gasteiger partial charge in [0.15, 0.2) is 0 Å². The monoisotopic (exact) mass is 240 g/mol. The van der Waals surface area contributed by atoms with Gasteiger partial charge in [-0.15, -0.1) is 0 Å². The van der Waals surface area contributed by atoms with Gasteiger partial charge in [0.25, 0.3) is 5.91 Å². The lowest BCUT2D eigenvalue weighted by molar-refractivity contribution is -0.115. The van der Waals surface area contributed by atoms with Crippen LogP contribution in [0.15, 0.2) is 18.2 Å². The number of hydrogen-bond acceptors (Lipinski definition) is 3. The quantitative estimate of drug-likeness (QED) is 0.795. The Hall–Kier alpha value is -1.75. The fraction of sp³-hybridized carbons (Fsp3) is 0.200. The molecule has 0 aliphatic carbocycles. The van der Waals surface area contributed by atoms with Gasteiger partial charge in [-0.1, -0.05) is 11.6 Å². The average Bonchev–Trinajstić information content (AvgIpc) is 2.60. The first-order chi connectivity index (χ1) is 7.63. The molecule has 0 saturated carbocycles. The molecular weight excluding hydrogens is 232 g/mol. The minimum Gasteiger partial charge on any atom is -0.497 e. The van der Waals surface area contributed by atoms with Crippen LogP contribution in [0, 0.1) is 0 Å². The molecule has 0 atom stereocenters.